The van der Waals surface area contributed by atoms with E-state index in [1.807, 2.05) is 7.11 Å². The van der Waals surface area contributed by atoms with Gasteiger partial charge in [-0.25, -0.2) is 0 Å². The number of rotatable bonds is 8. The average Bonchev–Trinajstić information content (AvgIpc) is 3.28. The lowest BCUT2D eigenvalue weighted by Gasteiger charge is -2.44. The molecule has 2 aliphatic rings. The molecule has 1 saturated heterocycles. The van der Waals surface area contributed by atoms with Crippen LogP contribution in [-0.2, 0) is 4.74 Å². The largest absolute Gasteiger partial charge is 0.377 e. The maximum atomic E-state index is 5.74. The van der Waals surface area contributed by atoms with Crippen LogP contribution >= 0.6 is 0 Å². The molecule has 0 aromatic carbocycles. The van der Waals surface area contributed by atoms with Gasteiger partial charge < -0.3 is 10.1 Å². The lowest BCUT2D eigenvalue weighted by Crippen LogP contribution is -2.52. The minimum atomic E-state index is 0.0649. The van der Waals surface area contributed by atoms with Gasteiger partial charge in [-0.15, -0.1) is 0 Å². The Morgan fingerprint density at radius 1 is 1.30 bits per heavy atom. The minimum absolute atomic E-state index is 0.0649. The monoisotopic (exact) mass is 282 g/mol. The normalized spacial score (nSPS) is 28.8. The smallest absolute Gasteiger partial charge is 0.0777 e. The number of piperidine rings is 1. The van der Waals surface area contributed by atoms with Gasteiger partial charge in [-0.05, 0) is 57.4 Å². The van der Waals surface area contributed by atoms with Crippen LogP contribution in [0.3, 0.4) is 0 Å². The first-order chi connectivity index (χ1) is 9.55. The highest BCUT2D eigenvalue weighted by Gasteiger charge is 2.36. The van der Waals surface area contributed by atoms with E-state index in [-0.39, 0.29) is 5.60 Å². The Bertz CT molecular complexity index is 299. The van der Waals surface area contributed by atoms with Gasteiger partial charge in [0.2, 0.25) is 0 Å². The second-order valence-electron chi connectivity index (χ2n) is 7.33. The topological polar surface area (TPSA) is 24.5 Å². The van der Waals surface area contributed by atoms with Crippen molar-refractivity contribution in [3.63, 3.8) is 0 Å². The average molecular weight is 282 g/mol. The van der Waals surface area contributed by atoms with Crippen LogP contribution < -0.4 is 5.32 Å². The quantitative estimate of drug-likeness (QED) is 0.740. The third kappa shape index (κ3) is 4.19. The van der Waals surface area contributed by atoms with Gasteiger partial charge >= 0.3 is 0 Å². The maximum absolute atomic E-state index is 5.74. The van der Waals surface area contributed by atoms with Crippen LogP contribution in [0.4, 0.5) is 0 Å². The van der Waals surface area contributed by atoms with Gasteiger partial charge in [-0.3, -0.25) is 4.90 Å². The molecular weight excluding hydrogens is 248 g/mol. The molecule has 3 nitrogen and oxygen atoms in total. The standard InChI is InChI=1S/C17H34N2O/c1-5-17(6-2,12-18-15-8-9-15)14-19-11-7-10-16(3,13-19)20-4/h15,18H,5-14H2,1-4H3. The molecule has 118 valence electrons. The van der Waals surface area contributed by atoms with Gasteiger partial charge in [0.05, 0.1) is 5.60 Å². The molecule has 0 spiro atoms. The van der Waals surface area contributed by atoms with Crippen molar-refractivity contribution in [2.24, 2.45) is 5.41 Å². The summed E-state index contributed by atoms with van der Waals surface area (Å²) in [6, 6.07) is 0.818. The number of likely N-dealkylation sites (tertiary alicyclic amines) is 1. The SMILES string of the molecule is CCC(CC)(CNC1CC1)CN1CCCC(C)(OC)C1. The number of ether oxygens (including phenoxy) is 1. The summed E-state index contributed by atoms with van der Waals surface area (Å²) < 4.78 is 5.74. The molecule has 0 radical (unpaired) electrons. The number of nitrogens with one attached hydrogen (secondary N) is 1. The molecule has 0 amide bonds. The van der Waals surface area contributed by atoms with Crippen molar-refractivity contribution in [2.45, 2.75) is 70.9 Å². The molecule has 2 rings (SSSR count). The van der Waals surface area contributed by atoms with Crippen LogP contribution in [0.2, 0.25) is 0 Å². The molecule has 0 aromatic heterocycles. The fourth-order valence-electron chi connectivity index (χ4n) is 3.51. The Balaban J connectivity index is 1.91. The molecule has 1 saturated carbocycles. The zero-order valence-electron chi connectivity index (χ0n) is 14.0. The minimum Gasteiger partial charge on any atom is -0.377 e. The van der Waals surface area contributed by atoms with E-state index in [9.17, 15) is 0 Å². The van der Waals surface area contributed by atoms with Crippen molar-refractivity contribution in [3.05, 3.63) is 0 Å². The van der Waals surface area contributed by atoms with Gasteiger partial charge in [0.1, 0.15) is 0 Å². The van der Waals surface area contributed by atoms with Gasteiger partial charge in [0.15, 0.2) is 0 Å². The summed E-state index contributed by atoms with van der Waals surface area (Å²) in [7, 11) is 1.87. The fourth-order valence-corrected chi connectivity index (χ4v) is 3.51. The molecular formula is C17H34N2O. The van der Waals surface area contributed by atoms with Gasteiger partial charge in [-0.1, -0.05) is 13.8 Å². The Kier molecular flexibility index (Phi) is 5.49. The molecule has 1 aliphatic heterocycles. The highest BCUT2D eigenvalue weighted by atomic mass is 16.5. The first-order valence-electron chi connectivity index (χ1n) is 8.56. The summed E-state index contributed by atoms with van der Waals surface area (Å²) in [6.07, 6.45) is 7.77. The maximum Gasteiger partial charge on any atom is 0.0777 e. The van der Waals surface area contributed by atoms with Crippen LogP contribution in [0.1, 0.15) is 59.3 Å². The zero-order chi connectivity index (χ0) is 14.6. The van der Waals surface area contributed by atoms with Crippen molar-refractivity contribution in [2.75, 3.05) is 33.3 Å². The Morgan fingerprint density at radius 2 is 2.00 bits per heavy atom. The predicted molar refractivity (Wildman–Crippen MR) is 85.1 cm³/mol. The van der Waals surface area contributed by atoms with Crippen molar-refractivity contribution < 1.29 is 4.74 Å². The summed E-state index contributed by atoms with van der Waals surface area (Å²) >= 11 is 0. The highest BCUT2D eigenvalue weighted by molar-refractivity contribution is 4.91. The highest BCUT2D eigenvalue weighted by Crippen LogP contribution is 2.32. The predicted octanol–water partition coefficient (Wildman–Crippen LogP) is 3.05. The van der Waals surface area contributed by atoms with Gasteiger partial charge in [0, 0.05) is 32.8 Å². The van der Waals surface area contributed by atoms with E-state index in [2.05, 4.69) is 31.0 Å². The molecule has 0 bridgehead atoms. The van der Waals surface area contributed by atoms with E-state index in [4.69, 9.17) is 4.74 Å². The second-order valence-corrected chi connectivity index (χ2v) is 7.33. The Morgan fingerprint density at radius 3 is 2.55 bits per heavy atom. The Labute approximate surface area is 125 Å². The van der Waals surface area contributed by atoms with E-state index in [1.54, 1.807) is 0 Å². The zero-order valence-corrected chi connectivity index (χ0v) is 14.0. The molecule has 1 atom stereocenters. The van der Waals surface area contributed by atoms with Crippen molar-refractivity contribution in [1.29, 1.82) is 0 Å². The molecule has 1 aliphatic carbocycles. The van der Waals surface area contributed by atoms with Crippen molar-refractivity contribution >= 4 is 0 Å². The summed E-state index contributed by atoms with van der Waals surface area (Å²) in [5.74, 6) is 0. The summed E-state index contributed by atoms with van der Waals surface area (Å²) in [4.78, 5) is 2.65. The molecule has 2 fully saturated rings. The fraction of sp³-hybridized carbons (Fsp3) is 1.00. The van der Waals surface area contributed by atoms with Crippen LogP contribution in [0.15, 0.2) is 0 Å². The Hall–Kier alpha value is -0.120. The molecule has 1 N–H and O–H groups in total. The van der Waals surface area contributed by atoms with Gasteiger partial charge in [0.25, 0.3) is 0 Å². The number of hydrogen-bond acceptors (Lipinski definition) is 3. The number of methoxy groups -OCH3 is 1. The van der Waals surface area contributed by atoms with Crippen LogP contribution in [0, 0.1) is 5.41 Å². The lowest BCUT2D eigenvalue weighted by molar-refractivity contribution is -0.0600. The summed E-state index contributed by atoms with van der Waals surface area (Å²) in [5, 5.41) is 3.77. The lowest BCUT2D eigenvalue weighted by atomic mass is 9.80. The van der Waals surface area contributed by atoms with E-state index in [1.165, 1.54) is 58.2 Å². The third-order valence-corrected chi connectivity index (χ3v) is 5.63. The molecule has 20 heavy (non-hydrogen) atoms. The van der Waals surface area contributed by atoms with E-state index in [0.717, 1.165) is 12.6 Å². The van der Waals surface area contributed by atoms with E-state index >= 15 is 0 Å². The summed E-state index contributed by atoms with van der Waals surface area (Å²) in [5.41, 5.74) is 0.504. The van der Waals surface area contributed by atoms with Crippen molar-refractivity contribution in [3.8, 4) is 0 Å². The van der Waals surface area contributed by atoms with Crippen LogP contribution in [-0.4, -0.2) is 49.8 Å². The molecule has 3 heteroatoms. The van der Waals surface area contributed by atoms with E-state index < -0.39 is 0 Å². The second kappa shape index (κ2) is 6.76. The van der Waals surface area contributed by atoms with Crippen LogP contribution in [0.25, 0.3) is 0 Å². The van der Waals surface area contributed by atoms with E-state index in [0.29, 0.717) is 5.41 Å². The molecule has 1 heterocycles. The molecule has 1 unspecified atom stereocenters. The summed E-state index contributed by atoms with van der Waals surface area (Å²) in [6.45, 7) is 11.7. The molecule has 0 aromatic rings. The van der Waals surface area contributed by atoms with Crippen molar-refractivity contribution in [1.82, 2.24) is 10.2 Å². The number of nitrogens with zero attached hydrogens (tertiary/aromatic N) is 1. The van der Waals surface area contributed by atoms with Gasteiger partial charge in [-0.2, -0.15) is 0 Å². The van der Waals surface area contributed by atoms with Crippen LogP contribution in [0.5, 0.6) is 0 Å². The third-order valence-electron chi connectivity index (χ3n) is 5.63. The first-order valence-corrected chi connectivity index (χ1v) is 8.56. The first kappa shape index (κ1) is 16.3. The number of hydrogen-bond donors (Lipinski definition) is 1.